The van der Waals surface area contributed by atoms with Crippen LogP contribution in [0.25, 0.3) is 0 Å². The summed E-state index contributed by atoms with van der Waals surface area (Å²) in [5, 5.41) is 3.09. The predicted octanol–water partition coefficient (Wildman–Crippen LogP) is 25.6. The van der Waals surface area contributed by atoms with Gasteiger partial charge in [0.25, 0.3) is 0 Å². The Hall–Kier alpha value is -1.51. The summed E-state index contributed by atoms with van der Waals surface area (Å²) in [5.74, 6) is -0.475. The van der Waals surface area contributed by atoms with Crippen molar-refractivity contribution in [2.45, 2.75) is 431 Å². The number of hydrogen-bond acceptors (Lipinski definition) is 6. The molecule has 0 aromatic carbocycles. The van der Waals surface area contributed by atoms with Crippen molar-refractivity contribution in [3.8, 4) is 0 Å². The summed E-state index contributed by atoms with van der Waals surface area (Å²) in [5.41, 5.74) is 0. The molecule has 0 aliphatic carbocycles. The van der Waals surface area contributed by atoms with Gasteiger partial charge in [0.05, 0.1) is 33.8 Å². The summed E-state index contributed by atoms with van der Waals surface area (Å²) in [6.45, 7) is 7.10. The van der Waals surface area contributed by atoms with Gasteiger partial charge in [-0.1, -0.05) is 373 Å². The molecule has 0 aliphatic rings. The standard InChI is InChI=1S/C79H155N2O7P/c1-7-10-13-16-19-22-25-28-30-32-34-36-38-39-40-41-43-45-47-49-51-54-57-60-63-66-69-72-79(83)88-77(70-67-64-61-58-55-52-27-24-21-18-15-12-9-3)76(75-87-89(84,85)86-74-73-81(4,5)6)80-78(82)71-68-65-62-59-56-53-50-48-46-44-42-37-35-33-31-29-26-23-20-17-14-11-8-2/h28,30,67,70,76-77H,7-27,29,31-66,68-69,71-75H2,1-6H3,(H-,80,82,84,85)/p+1/b30-28+,70-67+. The summed E-state index contributed by atoms with van der Waals surface area (Å²) >= 11 is 0. The van der Waals surface area contributed by atoms with Crippen LogP contribution in [-0.4, -0.2) is 74.3 Å². The molecule has 2 N–H and O–H groups in total. The largest absolute Gasteiger partial charge is 0.472 e. The number of carbonyl (C=O) groups is 2. The fourth-order valence-electron chi connectivity index (χ4n) is 12.3. The first-order valence-corrected chi connectivity index (χ1v) is 41.2. The van der Waals surface area contributed by atoms with Gasteiger partial charge in [-0.05, 0) is 57.4 Å². The summed E-state index contributed by atoms with van der Waals surface area (Å²) in [7, 11) is 1.52. The zero-order valence-corrected chi connectivity index (χ0v) is 61.6. The lowest BCUT2D eigenvalue weighted by molar-refractivity contribution is -0.870. The maximum absolute atomic E-state index is 13.7. The first-order valence-electron chi connectivity index (χ1n) is 39.7. The Labute approximate surface area is 555 Å². The highest BCUT2D eigenvalue weighted by Gasteiger charge is 2.30. The van der Waals surface area contributed by atoms with Crippen LogP contribution in [0.1, 0.15) is 419 Å². The minimum Gasteiger partial charge on any atom is -0.456 e. The molecule has 0 bridgehead atoms. The van der Waals surface area contributed by atoms with Crippen molar-refractivity contribution in [3.05, 3.63) is 24.3 Å². The Bertz CT molecular complexity index is 1570. The van der Waals surface area contributed by atoms with E-state index < -0.39 is 20.0 Å². The Balaban J connectivity index is 4.93. The Morgan fingerprint density at radius 2 is 0.652 bits per heavy atom. The smallest absolute Gasteiger partial charge is 0.456 e. The van der Waals surface area contributed by atoms with Crippen molar-refractivity contribution >= 4 is 19.7 Å². The molecule has 528 valence electrons. The highest BCUT2D eigenvalue weighted by Crippen LogP contribution is 2.43. The molecule has 0 heterocycles. The molecule has 0 saturated carbocycles. The second-order valence-corrected chi connectivity index (χ2v) is 30.1. The zero-order chi connectivity index (χ0) is 64.9. The van der Waals surface area contributed by atoms with Gasteiger partial charge in [-0.15, -0.1) is 0 Å². The maximum Gasteiger partial charge on any atom is 0.472 e. The van der Waals surface area contributed by atoms with Gasteiger partial charge < -0.3 is 19.4 Å². The van der Waals surface area contributed by atoms with E-state index >= 15 is 0 Å². The van der Waals surface area contributed by atoms with Crippen molar-refractivity contribution < 1.29 is 37.3 Å². The van der Waals surface area contributed by atoms with Crippen molar-refractivity contribution in [2.24, 2.45) is 0 Å². The molecule has 89 heavy (non-hydrogen) atoms. The number of nitrogens with zero attached hydrogens (tertiary/aromatic N) is 1. The van der Waals surface area contributed by atoms with E-state index in [0.29, 0.717) is 23.9 Å². The lowest BCUT2D eigenvalue weighted by Crippen LogP contribution is -2.47. The van der Waals surface area contributed by atoms with E-state index in [-0.39, 0.29) is 25.1 Å². The Morgan fingerprint density at radius 3 is 0.955 bits per heavy atom. The Morgan fingerprint density at radius 1 is 0.382 bits per heavy atom. The second-order valence-electron chi connectivity index (χ2n) is 28.6. The van der Waals surface area contributed by atoms with Crippen LogP contribution < -0.4 is 5.32 Å². The minimum atomic E-state index is -4.45. The van der Waals surface area contributed by atoms with E-state index in [1.54, 1.807) is 0 Å². The molecule has 0 aliphatic heterocycles. The summed E-state index contributed by atoms with van der Waals surface area (Å²) in [4.78, 5) is 38.0. The van der Waals surface area contributed by atoms with E-state index in [1.807, 2.05) is 27.2 Å². The van der Waals surface area contributed by atoms with Gasteiger partial charge in [0.1, 0.15) is 19.3 Å². The van der Waals surface area contributed by atoms with Crippen molar-refractivity contribution in [2.75, 3.05) is 40.9 Å². The number of allylic oxidation sites excluding steroid dienone is 3. The van der Waals surface area contributed by atoms with Crippen molar-refractivity contribution in [1.29, 1.82) is 0 Å². The highest BCUT2D eigenvalue weighted by molar-refractivity contribution is 7.47. The van der Waals surface area contributed by atoms with E-state index in [4.69, 9.17) is 13.8 Å². The molecule has 9 nitrogen and oxygen atoms in total. The van der Waals surface area contributed by atoms with Crippen LogP contribution in [0.3, 0.4) is 0 Å². The molecule has 0 radical (unpaired) electrons. The molecule has 10 heteroatoms. The zero-order valence-electron chi connectivity index (χ0n) is 60.7. The normalized spacial score (nSPS) is 13.5. The monoisotopic (exact) mass is 1280 g/mol. The third-order valence-electron chi connectivity index (χ3n) is 18.4. The van der Waals surface area contributed by atoms with Crippen LogP contribution in [0.4, 0.5) is 0 Å². The van der Waals surface area contributed by atoms with E-state index in [9.17, 15) is 19.0 Å². The van der Waals surface area contributed by atoms with E-state index in [1.165, 1.54) is 327 Å². The SMILES string of the molecule is CCCCCCCC/C=C/CCCCCCCCCCCCCCCCCCCC(=O)OC(/C=C/CCCCCCCCCCCCC)C(COP(=O)(O)OCC[N+](C)(C)C)NC(=O)CCCCCCCCCCCCCCCCCCCCCCCCC. The lowest BCUT2D eigenvalue weighted by Gasteiger charge is -2.27. The number of phosphoric ester groups is 1. The molecule has 1 amide bonds. The average molecular weight is 1280 g/mol. The first kappa shape index (κ1) is 87.5. The van der Waals surface area contributed by atoms with Crippen LogP contribution in [-0.2, 0) is 27.9 Å². The average Bonchev–Trinajstić information content (AvgIpc) is 3.63. The van der Waals surface area contributed by atoms with Gasteiger partial charge in [-0.25, -0.2) is 4.57 Å². The fraction of sp³-hybridized carbons (Fsp3) is 0.924. The number of carbonyl (C=O) groups excluding carboxylic acids is 2. The van der Waals surface area contributed by atoms with Crippen LogP contribution in [0.5, 0.6) is 0 Å². The van der Waals surface area contributed by atoms with Crippen LogP contribution in [0, 0.1) is 0 Å². The molecular weight excluding hydrogens is 1120 g/mol. The summed E-state index contributed by atoms with van der Waals surface area (Å²) < 4.78 is 30.9. The van der Waals surface area contributed by atoms with Crippen molar-refractivity contribution in [1.82, 2.24) is 5.32 Å². The molecule has 0 aromatic rings. The number of likely N-dealkylation sites (N-methyl/N-ethyl adjacent to an activating group) is 1. The second kappa shape index (κ2) is 69.3. The number of amides is 1. The topological polar surface area (TPSA) is 111 Å². The molecule has 0 spiro atoms. The van der Waals surface area contributed by atoms with Crippen molar-refractivity contribution in [3.63, 3.8) is 0 Å². The molecule has 3 unspecified atom stereocenters. The lowest BCUT2D eigenvalue weighted by atomic mass is 10.0. The molecular formula is C79H156N2O7P+. The van der Waals surface area contributed by atoms with Crippen LogP contribution >= 0.6 is 7.82 Å². The summed E-state index contributed by atoms with van der Waals surface area (Å²) in [6, 6.07) is -0.843. The van der Waals surface area contributed by atoms with Gasteiger partial charge in [0, 0.05) is 12.8 Å². The molecule has 0 saturated heterocycles. The summed E-state index contributed by atoms with van der Waals surface area (Å²) in [6.07, 6.45) is 86.4. The van der Waals surface area contributed by atoms with Gasteiger partial charge in [-0.2, -0.15) is 0 Å². The highest BCUT2D eigenvalue weighted by atomic mass is 31.2. The fourth-order valence-corrected chi connectivity index (χ4v) is 13.0. The maximum atomic E-state index is 13.7. The minimum absolute atomic E-state index is 0.0452. The van der Waals surface area contributed by atoms with E-state index in [0.717, 1.165) is 57.8 Å². The number of rotatable bonds is 74. The van der Waals surface area contributed by atoms with E-state index in [2.05, 4.69) is 44.3 Å². The number of ether oxygens (including phenoxy) is 1. The molecule has 0 fully saturated rings. The Kier molecular flexibility index (Phi) is 68.1. The number of hydrogen-bond donors (Lipinski definition) is 2. The van der Waals surface area contributed by atoms with Gasteiger partial charge >= 0.3 is 13.8 Å². The molecule has 0 aromatic heterocycles. The number of nitrogens with one attached hydrogen (secondary N) is 1. The molecule has 3 atom stereocenters. The van der Waals surface area contributed by atoms with Gasteiger partial charge in [-0.3, -0.25) is 18.6 Å². The van der Waals surface area contributed by atoms with Gasteiger partial charge in [0.15, 0.2) is 0 Å². The van der Waals surface area contributed by atoms with Crippen LogP contribution in [0.15, 0.2) is 24.3 Å². The predicted molar refractivity (Wildman–Crippen MR) is 388 cm³/mol. The van der Waals surface area contributed by atoms with Crippen LogP contribution in [0.2, 0.25) is 0 Å². The number of esters is 1. The third kappa shape index (κ3) is 70.6. The third-order valence-corrected chi connectivity index (χ3v) is 19.4. The molecule has 0 rings (SSSR count). The number of quaternary nitrogens is 1. The quantitative estimate of drug-likeness (QED) is 0.0205. The number of phosphoric acid groups is 1. The number of unbranched alkanes of at least 4 members (excludes halogenated alkanes) is 56. The van der Waals surface area contributed by atoms with Gasteiger partial charge in [0.2, 0.25) is 5.91 Å². The first-order chi connectivity index (χ1) is 43.4.